The first kappa shape index (κ1) is 20.1. The van der Waals surface area contributed by atoms with Gasteiger partial charge in [0.15, 0.2) is 0 Å². The molecule has 1 aliphatic heterocycles. The first-order valence-electron chi connectivity index (χ1n) is 8.85. The summed E-state index contributed by atoms with van der Waals surface area (Å²) in [5.74, 6) is -0.389. The maximum Gasteiger partial charge on any atom is 0.410 e. The molecule has 7 nitrogen and oxygen atoms in total. The fraction of sp³-hybridized carbons (Fsp3) is 0.421. The Labute approximate surface area is 167 Å². The Hall–Kier alpha value is -2.61. The molecule has 0 unspecified atom stereocenters. The molecule has 0 bridgehead atoms. The van der Waals surface area contributed by atoms with Crippen LogP contribution in [0.2, 0.25) is 5.02 Å². The number of hydrogen-bond donors (Lipinski definition) is 1. The minimum atomic E-state index is -0.595. The molecule has 2 heterocycles. The molecule has 150 valence electrons. The first-order valence-corrected chi connectivity index (χ1v) is 9.23. The first-order chi connectivity index (χ1) is 13.0. The van der Waals surface area contributed by atoms with Gasteiger partial charge in [0.2, 0.25) is 0 Å². The molecule has 28 heavy (non-hydrogen) atoms. The van der Waals surface area contributed by atoms with E-state index in [1.165, 1.54) is 18.3 Å². The number of amides is 2. The van der Waals surface area contributed by atoms with Crippen molar-refractivity contribution in [2.45, 2.75) is 45.9 Å². The number of anilines is 1. The Balaban J connectivity index is 1.80. The largest absolute Gasteiger partial charge is 0.444 e. The summed E-state index contributed by atoms with van der Waals surface area (Å²) >= 11 is 6.02. The van der Waals surface area contributed by atoms with Crippen molar-refractivity contribution in [2.75, 3.05) is 11.9 Å². The van der Waals surface area contributed by atoms with E-state index >= 15 is 0 Å². The highest BCUT2D eigenvalue weighted by Gasteiger charge is 2.32. The number of rotatable bonds is 2. The van der Waals surface area contributed by atoms with Crippen LogP contribution in [0, 0.1) is 5.82 Å². The SMILES string of the molecule is C[C@H]1CN(C(=O)OC(C)(C)C)Cc2ncc(C(=O)Nc3cc(F)ccc3Cl)n21. The van der Waals surface area contributed by atoms with Crippen LogP contribution in [0.1, 0.15) is 50.0 Å². The van der Waals surface area contributed by atoms with Gasteiger partial charge in [0.1, 0.15) is 22.9 Å². The molecule has 9 heteroatoms. The Bertz CT molecular complexity index is 922. The highest BCUT2D eigenvalue weighted by Crippen LogP contribution is 2.27. The zero-order chi connectivity index (χ0) is 20.6. The lowest BCUT2D eigenvalue weighted by atomic mass is 10.2. The summed E-state index contributed by atoms with van der Waals surface area (Å²) in [5, 5.41) is 2.85. The third kappa shape index (κ3) is 4.27. The predicted octanol–water partition coefficient (Wildman–Crippen LogP) is 4.24. The normalized spacial score (nSPS) is 16.5. The standard InChI is InChI=1S/C19H22ClFN4O3/c1-11-9-24(18(27)28-19(2,3)4)10-16-22-8-15(25(11)16)17(26)23-14-7-12(21)5-6-13(14)20/h5-8,11H,9-10H2,1-4H3,(H,23,26)/t11-/m0/s1. The zero-order valence-corrected chi connectivity index (χ0v) is 16.9. The Kier molecular flexibility index (Phi) is 5.34. The van der Waals surface area contributed by atoms with Gasteiger partial charge in [-0.05, 0) is 45.9 Å². The van der Waals surface area contributed by atoms with E-state index in [1.807, 2.05) is 6.92 Å². The van der Waals surface area contributed by atoms with E-state index in [-0.39, 0.29) is 23.3 Å². The van der Waals surface area contributed by atoms with E-state index in [4.69, 9.17) is 16.3 Å². The van der Waals surface area contributed by atoms with E-state index < -0.39 is 23.4 Å². The van der Waals surface area contributed by atoms with Crippen LogP contribution in [0.15, 0.2) is 24.4 Å². The number of imidazole rings is 1. The van der Waals surface area contributed by atoms with Crippen molar-refractivity contribution in [1.82, 2.24) is 14.5 Å². The minimum absolute atomic E-state index is 0.182. The van der Waals surface area contributed by atoms with Gasteiger partial charge in [0.05, 0.1) is 29.5 Å². The number of ether oxygens (including phenoxy) is 1. The summed E-state index contributed by atoms with van der Waals surface area (Å²) in [6, 6.07) is 3.55. The van der Waals surface area contributed by atoms with Crippen molar-refractivity contribution in [3.8, 4) is 0 Å². The minimum Gasteiger partial charge on any atom is -0.444 e. The molecule has 2 aromatic rings. The fourth-order valence-corrected chi connectivity index (χ4v) is 3.22. The summed E-state index contributed by atoms with van der Waals surface area (Å²) in [7, 11) is 0. The van der Waals surface area contributed by atoms with Crippen molar-refractivity contribution in [3.05, 3.63) is 46.8 Å². The fourth-order valence-electron chi connectivity index (χ4n) is 3.06. The number of carbonyl (C=O) groups is 2. The average Bonchev–Trinajstić information content (AvgIpc) is 3.01. The second kappa shape index (κ2) is 7.43. The van der Waals surface area contributed by atoms with Crippen LogP contribution >= 0.6 is 11.6 Å². The third-order valence-electron chi connectivity index (χ3n) is 4.19. The van der Waals surface area contributed by atoms with Crippen molar-refractivity contribution in [1.29, 1.82) is 0 Å². The lowest BCUT2D eigenvalue weighted by Crippen LogP contribution is -2.43. The average molecular weight is 409 g/mol. The van der Waals surface area contributed by atoms with Crippen molar-refractivity contribution in [2.24, 2.45) is 0 Å². The van der Waals surface area contributed by atoms with Crippen LogP contribution in [-0.2, 0) is 11.3 Å². The van der Waals surface area contributed by atoms with Gasteiger partial charge in [0, 0.05) is 6.54 Å². The van der Waals surface area contributed by atoms with Crippen LogP contribution in [0.25, 0.3) is 0 Å². The Morgan fingerprint density at radius 1 is 1.36 bits per heavy atom. The van der Waals surface area contributed by atoms with Crippen LogP contribution in [-0.4, -0.2) is 38.6 Å². The number of halogens is 2. The van der Waals surface area contributed by atoms with Gasteiger partial charge < -0.3 is 14.6 Å². The van der Waals surface area contributed by atoms with Gasteiger partial charge in [0.25, 0.3) is 5.91 Å². The number of nitrogens with zero attached hydrogens (tertiary/aromatic N) is 3. The van der Waals surface area contributed by atoms with Crippen LogP contribution in [0.3, 0.4) is 0 Å². The van der Waals surface area contributed by atoms with Crippen molar-refractivity contribution >= 4 is 29.3 Å². The zero-order valence-electron chi connectivity index (χ0n) is 16.1. The van der Waals surface area contributed by atoms with Gasteiger partial charge in [-0.1, -0.05) is 11.6 Å². The lowest BCUT2D eigenvalue weighted by molar-refractivity contribution is 0.0169. The summed E-state index contributed by atoms with van der Waals surface area (Å²) in [6.45, 7) is 7.90. The van der Waals surface area contributed by atoms with Crippen molar-refractivity contribution < 1.29 is 18.7 Å². The number of hydrogen-bond acceptors (Lipinski definition) is 4. The van der Waals surface area contributed by atoms with Gasteiger partial charge in [-0.3, -0.25) is 9.69 Å². The summed E-state index contributed by atoms with van der Waals surface area (Å²) < 4.78 is 20.6. The number of aromatic nitrogens is 2. The maximum atomic E-state index is 13.4. The molecule has 1 N–H and O–H groups in total. The molecule has 1 aromatic heterocycles. The highest BCUT2D eigenvalue weighted by atomic mass is 35.5. The molecule has 0 saturated heterocycles. The molecule has 0 fully saturated rings. The molecule has 1 aromatic carbocycles. The highest BCUT2D eigenvalue weighted by molar-refractivity contribution is 6.33. The number of carbonyl (C=O) groups excluding carboxylic acids is 2. The molecule has 0 aliphatic carbocycles. The summed E-state index contributed by atoms with van der Waals surface area (Å²) in [5.41, 5.74) is -0.102. The molecule has 0 radical (unpaired) electrons. The Morgan fingerprint density at radius 3 is 2.75 bits per heavy atom. The third-order valence-corrected chi connectivity index (χ3v) is 4.52. The maximum absolute atomic E-state index is 13.4. The molecule has 0 spiro atoms. The second-order valence-electron chi connectivity index (χ2n) is 7.72. The molecule has 2 amide bonds. The topological polar surface area (TPSA) is 76.5 Å². The van der Waals surface area contributed by atoms with Crippen molar-refractivity contribution in [3.63, 3.8) is 0 Å². The quantitative estimate of drug-likeness (QED) is 0.806. The second-order valence-corrected chi connectivity index (χ2v) is 8.13. The number of benzene rings is 1. The van der Waals surface area contributed by atoms with Gasteiger partial charge >= 0.3 is 6.09 Å². The summed E-state index contributed by atoms with van der Waals surface area (Å²) in [4.78, 5) is 30.9. The number of nitrogens with one attached hydrogen (secondary N) is 1. The smallest absolute Gasteiger partial charge is 0.410 e. The number of fused-ring (bicyclic) bond motifs is 1. The van der Waals surface area contributed by atoms with E-state index in [1.54, 1.807) is 30.2 Å². The monoisotopic (exact) mass is 408 g/mol. The van der Waals surface area contributed by atoms with Gasteiger partial charge in [-0.2, -0.15) is 0 Å². The Morgan fingerprint density at radius 2 is 2.07 bits per heavy atom. The van der Waals surface area contributed by atoms with Gasteiger partial charge in [-0.15, -0.1) is 0 Å². The van der Waals surface area contributed by atoms with E-state index in [9.17, 15) is 14.0 Å². The predicted molar refractivity (Wildman–Crippen MR) is 103 cm³/mol. The molecule has 1 atom stereocenters. The van der Waals surface area contributed by atoms with Crippen LogP contribution in [0.5, 0.6) is 0 Å². The van der Waals surface area contributed by atoms with Crippen LogP contribution in [0.4, 0.5) is 14.9 Å². The van der Waals surface area contributed by atoms with E-state index in [0.29, 0.717) is 18.1 Å². The molecule has 0 saturated carbocycles. The lowest BCUT2D eigenvalue weighted by Gasteiger charge is -2.34. The van der Waals surface area contributed by atoms with E-state index in [0.717, 1.165) is 6.07 Å². The molecule has 3 rings (SSSR count). The van der Waals surface area contributed by atoms with E-state index in [2.05, 4.69) is 10.3 Å². The molecular weight excluding hydrogens is 387 g/mol. The van der Waals surface area contributed by atoms with Gasteiger partial charge in [-0.25, -0.2) is 14.2 Å². The molecule has 1 aliphatic rings. The van der Waals surface area contributed by atoms with Crippen LogP contribution < -0.4 is 5.32 Å². The molecular formula is C19H22ClFN4O3. The summed E-state index contributed by atoms with van der Waals surface area (Å²) in [6.07, 6.45) is 1.01.